The molecule has 0 aromatic heterocycles. The van der Waals surface area contributed by atoms with Gasteiger partial charge in [0.25, 0.3) is 0 Å². The summed E-state index contributed by atoms with van der Waals surface area (Å²) in [6, 6.07) is 11.2. The van der Waals surface area contributed by atoms with Crippen molar-refractivity contribution in [1.82, 2.24) is 0 Å². The third-order valence-corrected chi connectivity index (χ3v) is 3.10. The van der Waals surface area contributed by atoms with Crippen LogP contribution in [0.2, 0.25) is 0 Å². The summed E-state index contributed by atoms with van der Waals surface area (Å²) >= 11 is 3.44. The lowest BCUT2D eigenvalue weighted by molar-refractivity contribution is 0.414. The molecule has 0 aliphatic carbocycles. The van der Waals surface area contributed by atoms with Crippen LogP contribution in [0.4, 0.5) is 17.1 Å². The van der Waals surface area contributed by atoms with Crippen molar-refractivity contribution in [1.29, 1.82) is 0 Å². The standard InChI is InChI=1S/C14H15BrN2O2/c1-18-11-3-4-13(16)14(8-11)17-10-5-9(15)6-12(7-10)19-2/h3-8,17H,16H2,1-2H3. The molecule has 0 bridgehead atoms. The lowest BCUT2D eigenvalue weighted by Crippen LogP contribution is -1.97. The van der Waals surface area contributed by atoms with Gasteiger partial charge in [-0.1, -0.05) is 15.9 Å². The van der Waals surface area contributed by atoms with Crippen molar-refractivity contribution in [2.45, 2.75) is 0 Å². The molecule has 0 unspecified atom stereocenters. The number of benzene rings is 2. The third-order valence-electron chi connectivity index (χ3n) is 2.65. The van der Waals surface area contributed by atoms with Crippen molar-refractivity contribution < 1.29 is 9.47 Å². The van der Waals surface area contributed by atoms with Gasteiger partial charge in [0, 0.05) is 22.3 Å². The van der Waals surface area contributed by atoms with Crippen LogP contribution >= 0.6 is 15.9 Å². The highest BCUT2D eigenvalue weighted by Gasteiger charge is 2.04. The van der Waals surface area contributed by atoms with Gasteiger partial charge in [-0.2, -0.15) is 0 Å². The quantitative estimate of drug-likeness (QED) is 0.841. The second-order valence-electron chi connectivity index (χ2n) is 3.96. The molecule has 19 heavy (non-hydrogen) atoms. The summed E-state index contributed by atoms with van der Waals surface area (Å²) in [5.74, 6) is 1.51. The minimum Gasteiger partial charge on any atom is -0.497 e. The van der Waals surface area contributed by atoms with E-state index in [0.717, 1.165) is 27.3 Å². The monoisotopic (exact) mass is 322 g/mol. The molecule has 0 heterocycles. The predicted octanol–water partition coefficient (Wildman–Crippen LogP) is 3.79. The Labute approximate surface area is 120 Å². The molecule has 100 valence electrons. The summed E-state index contributed by atoms with van der Waals surface area (Å²) in [5, 5.41) is 3.25. The van der Waals surface area contributed by atoms with Gasteiger partial charge in [-0.25, -0.2) is 0 Å². The van der Waals surface area contributed by atoms with Crippen LogP contribution in [0.3, 0.4) is 0 Å². The summed E-state index contributed by atoms with van der Waals surface area (Å²) in [5.41, 5.74) is 8.26. The van der Waals surface area contributed by atoms with Crippen LogP contribution in [0.5, 0.6) is 11.5 Å². The second kappa shape index (κ2) is 5.84. The normalized spacial score (nSPS) is 10.1. The molecule has 0 saturated heterocycles. The molecule has 2 rings (SSSR count). The largest absolute Gasteiger partial charge is 0.497 e. The van der Waals surface area contributed by atoms with Gasteiger partial charge in [0.05, 0.1) is 25.6 Å². The number of rotatable bonds is 4. The van der Waals surface area contributed by atoms with Crippen LogP contribution in [-0.4, -0.2) is 14.2 Å². The van der Waals surface area contributed by atoms with E-state index in [1.807, 2.05) is 30.3 Å². The summed E-state index contributed by atoms with van der Waals surface area (Å²) < 4.78 is 11.3. The Balaban J connectivity index is 2.32. The highest BCUT2D eigenvalue weighted by Crippen LogP contribution is 2.31. The molecule has 5 heteroatoms. The highest BCUT2D eigenvalue weighted by molar-refractivity contribution is 9.10. The molecular weight excluding hydrogens is 308 g/mol. The van der Waals surface area contributed by atoms with Crippen LogP contribution in [0.15, 0.2) is 40.9 Å². The Kier molecular flexibility index (Phi) is 4.16. The van der Waals surface area contributed by atoms with Gasteiger partial charge in [0.15, 0.2) is 0 Å². The Morgan fingerprint density at radius 1 is 1.00 bits per heavy atom. The second-order valence-corrected chi connectivity index (χ2v) is 4.87. The number of hydrogen-bond acceptors (Lipinski definition) is 4. The molecule has 0 fully saturated rings. The van der Waals surface area contributed by atoms with Gasteiger partial charge in [-0.05, 0) is 24.3 Å². The maximum atomic E-state index is 5.94. The van der Waals surface area contributed by atoms with Crippen molar-refractivity contribution in [3.8, 4) is 11.5 Å². The number of nitrogens with two attached hydrogens (primary N) is 1. The van der Waals surface area contributed by atoms with Crippen LogP contribution in [-0.2, 0) is 0 Å². The molecule has 0 saturated carbocycles. The van der Waals surface area contributed by atoms with E-state index in [9.17, 15) is 0 Å². The molecule has 0 amide bonds. The Morgan fingerprint density at radius 3 is 2.42 bits per heavy atom. The molecule has 2 aromatic rings. The van der Waals surface area contributed by atoms with E-state index in [2.05, 4.69) is 21.2 Å². The fraction of sp³-hybridized carbons (Fsp3) is 0.143. The molecule has 3 N–H and O–H groups in total. The fourth-order valence-corrected chi connectivity index (χ4v) is 2.15. The van der Waals surface area contributed by atoms with Crippen LogP contribution in [0, 0.1) is 0 Å². The van der Waals surface area contributed by atoms with Crippen molar-refractivity contribution in [3.63, 3.8) is 0 Å². The summed E-state index contributed by atoms with van der Waals surface area (Å²) in [6.45, 7) is 0. The summed E-state index contributed by atoms with van der Waals surface area (Å²) in [7, 11) is 3.25. The maximum absolute atomic E-state index is 5.94. The van der Waals surface area contributed by atoms with Crippen molar-refractivity contribution in [2.75, 3.05) is 25.3 Å². The smallest absolute Gasteiger partial charge is 0.122 e. The Bertz CT molecular complexity index is 588. The average Bonchev–Trinajstić information content (AvgIpc) is 2.40. The van der Waals surface area contributed by atoms with E-state index in [1.54, 1.807) is 20.3 Å². The summed E-state index contributed by atoms with van der Waals surface area (Å²) in [6.07, 6.45) is 0. The van der Waals surface area contributed by atoms with Crippen LogP contribution < -0.4 is 20.5 Å². The first-order valence-corrected chi connectivity index (χ1v) is 6.47. The molecule has 0 atom stereocenters. The number of anilines is 3. The lowest BCUT2D eigenvalue weighted by Gasteiger charge is -2.12. The molecule has 0 aliphatic rings. The molecule has 0 spiro atoms. The van der Waals surface area contributed by atoms with Gasteiger partial charge in [-0.3, -0.25) is 0 Å². The van der Waals surface area contributed by atoms with Gasteiger partial charge in [0.1, 0.15) is 11.5 Å². The number of nitrogens with one attached hydrogen (secondary N) is 1. The van der Waals surface area contributed by atoms with Gasteiger partial charge < -0.3 is 20.5 Å². The van der Waals surface area contributed by atoms with Crippen LogP contribution in [0.25, 0.3) is 0 Å². The summed E-state index contributed by atoms with van der Waals surface area (Å²) in [4.78, 5) is 0. The van der Waals surface area contributed by atoms with Crippen molar-refractivity contribution in [2.24, 2.45) is 0 Å². The van der Waals surface area contributed by atoms with Gasteiger partial charge in [-0.15, -0.1) is 0 Å². The predicted molar refractivity (Wildman–Crippen MR) is 81.4 cm³/mol. The van der Waals surface area contributed by atoms with E-state index >= 15 is 0 Å². The van der Waals surface area contributed by atoms with E-state index in [1.165, 1.54) is 0 Å². The Morgan fingerprint density at radius 2 is 1.74 bits per heavy atom. The number of ether oxygens (including phenoxy) is 2. The zero-order chi connectivity index (χ0) is 13.8. The maximum Gasteiger partial charge on any atom is 0.122 e. The van der Waals surface area contributed by atoms with E-state index < -0.39 is 0 Å². The number of nitrogen functional groups attached to an aromatic ring is 1. The number of hydrogen-bond donors (Lipinski definition) is 2. The Hall–Kier alpha value is -1.88. The van der Waals surface area contributed by atoms with Gasteiger partial charge in [0.2, 0.25) is 0 Å². The number of methoxy groups -OCH3 is 2. The first-order valence-electron chi connectivity index (χ1n) is 5.67. The topological polar surface area (TPSA) is 56.5 Å². The zero-order valence-electron chi connectivity index (χ0n) is 10.7. The first kappa shape index (κ1) is 13.5. The number of halogens is 1. The van der Waals surface area contributed by atoms with E-state index in [4.69, 9.17) is 15.2 Å². The van der Waals surface area contributed by atoms with Crippen molar-refractivity contribution >= 4 is 33.0 Å². The lowest BCUT2D eigenvalue weighted by atomic mass is 10.2. The minimum atomic E-state index is 0.653. The molecule has 4 nitrogen and oxygen atoms in total. The van der Waals surface area contributed by atoms with E-state index in [0.29, 0.717) is 5.69 Å². The minimum absolute atomic E-state index is 0.653. The van der Waals surface area contributed by atoms with Gasteiger partial charge >= 0.3 is 0 Å². The highest BCUT2D eigenvalue weighted by atomic mass is 79.9. The van der Waals surface area contributed by atoms with E-state index in [-0.39, 0.29) is 0 Å². The van der Waals surface area contributed by atoms with Crippen molar-refractivity contribution in [3.05, 3.63) is 40.9 Å². The molecule has 0 aliphatic heterocycles. The third kappa shape index (κ3) is 3.32. The fourth-order valence-electron chi connectivity index (χ4n) is 1.68. The first-order chi connectivity index (χ1) is 9.12. The SMILES string of the molecule is COc1cc(Br)cc(Nc2cc(OC)ccc2N)c1. The zero-order valence-corrected chi connectivity index (χ0v) is 12.3. The van der Waals surface area contributed by atoms with Crippen LogP contribution in [0.1, 0.15) is 0 Å². The molecular formula is C14H15BrN2O2. The molecule has 2 aromatic carbocycles. The molecule has 0 radical (unpaired) electrons. The average molecular weight is 323 g/mol.